The lowest BCUT2D eigenvalue weighted by molar-refractivity contribution is 0.126. The Morgan fingerprint density at radius 2 is 2.00 bits per heavy atom. The van der Waals surface area contributed by atoms with Crippen LogP contribution in [-0.2, 0) is 12.0 Å². The number of aromatic nitrogens is 4. The van der Waals surface area contributed by atoms with Crippen molar-refractivity contribution in [1.82, 2.24) is 20.2 Å². The maximum Gasteiger partial charge on any atom is 0.209 e. The largest absolute Gasteiger partial charge is 0.491 e. The zero-order chi connectivity index (χ0) is 19.3. The van der Waals surface area contributed by atoms with E-state index in [1.807, 2.05) is 13.0 Å². The van der Waals surface area contributed by atoms with Crippen LogP contribution in [0.4, 0.5) is 0 Å². The Kier molecular flexibility index (Phi) is 7.06. The standard InChI is InChI=1S/C19H30N4O2S/c1-13(2)10-23-18(20-21-22-23)26-12-16(24)11-25-17-8-7-15(9-14(17)3)19(4,5)6/h7-9,13,16,24H,10-12H2,1-6H3/t16-/m0/s1. The van der Waals surface area contributed by atoms with Crippen LogP contribution in [0.5, 0.6) is 5.75 Å². The molecule has 26 heavy (non-hydrogen) atoms. The molecule has 0 amide bonds. The Balaban J connectivity index is 1.86. The summed E-state index contributed by atoms with van der Waals surface area (Å²) in [7, 11) is 0. The third kappa shape index (κ3) is 5.99. The maximum atomic E-state index is 10.2. The molecule has 0 saturated carbocycles. The van der Waals surface area contributed by atoms with Crippen molar-refractivity contribution in [2.45, 2.75) is 64.8 Å². The molecule has 0 spiro atoms. The summed E-state index contributed by atoms with van der Waals surface area (Å²) >= 11 is 1.45. The van der Waals surface area contributed by atoms with Gasteiger partial charge in [0.1, 0.15) is 12.4 Å². The van der Waals surface area contributed by atoms with Gasteiger partial charge in [-0.3, -0.25) is 0 Å². The predicted molar refractivity (Wildman–Crippen MR) is 105 cm³/mol. The molecule has 1 aromatic carbocycles. The minimum Gasteiger partial charge on any atom is -0.491 e. The zero-order valence-corrected chi connectivity index (χ0v) is 17.4. The number of thioether (sulfide) groups is 1. The Hall–Kier alpha value is -1.60. The van der Waals surface area contributed by atoms with E-state index in [4.69, 9.17) is 4.74 Å². The van der Waals surface area contributed by atoms with Crippen molar-refractivity contribution in [3.05, 3.63) is 29.3 Å². The fourth-order valence-corrected chi connectivity index (χ4v) is 3.23. The van der Waals surface area contributed by atoms with Gasteiger partial charge in [0.05, 0.1) is 6.10 Å². The summed E-state index contributed by atoms with van der Waals surface area (Å²) in [4.78, 5) is 0. The third-order valence-corrected chi connectivity index (χ3v) is 5.02. The topological polar surface area (TPSA) is 73.1 Å². The molecule has 0 aliphatic rings. The van der Waals surface area contributed by atoms with Crippen LogP contribution in [0.2, 0.25) is 0 Å². The van der Waals surface area contributed by atoms with Crippen LogP contribution in [0, 0.1) is 12.8 Å². The highest BCUT2D eigenvalue weighted by Crippen LogP contribution is 2.27. The normalized spacial score (nSPS) is 13.2. The number of rotatable bonds is 8. The zero-order valence-electron chi connectivity index (χ0n) is 16.6. The predicted octanol–water partition coefficient (Wildman–Crippen LogP) is 3.47. The van der Waals surface area contributed by atoms with Gasteiger partial charge in [0.25, 0.3) is 0 Å². The van der Waals surface area contributed by atoms with E-state index in [-0.39, 0.29) is 12.0 Å². The number of ether oxygens (including phenoxy) is 1. The molecule has 0 fully saturated rings. The van der Waals surface area contributed by atoms with Gasteiger partial charge in [-0.15, -0.1) is 5.10 Å². The number of hydrogen-bond acceptors (Lipinski definition) is 6. The highest BCUT2D eigenvalue weighted by atomic mass is 32.2. The Morgan fingerprint density at radius 1 is 1.27 bits per heavy atom. The van der Waals surface area contributed by atoms with Crippen LogP contribution in [-0.4, -0.2) is 43.8 Å². The van der Waals surface area contributed by atoms with E-state index in [9.17, 15) is 5.11 Å². The molecule has 6 nitrogen and oxygen atoms in total. The molecular formula is C19H30N4O2S. The number of benzene rings is 1. The summed E-state index contributed by atoms with van der Waals surface area (Å²) in [5, 5.41) is 22.7. The van der Waals surface area contributed by atoms with E-state index < -0.39 is 6.10 Å². The molecule has 2 aromatic rings. The highest BCUT2D eigenvalue weighted by Gasteiger charge is 2.16. The summed E-state index contributed by atoms with van der Waals surface area (Å²) in [5.41, 5.74) is 2.47. The van der Waals surface area contributed by atoms with E-state index in [1.54, 1.807) is 4.68 Å². The first-order valence-electron chi connectivity index (χ1n) is 8.97. The van der Waals surface area contributed by atoms with Gasteiger partial charge in [-0.1, -0.05) is 58.5 Å². The summed E-state index contributed by atoms with van der Waals surface area (Å²) in [6.45, 7) is 13.8. The second-order valence-electron chi connectivity index (χ2n) is 8.04. The van der Waals surface area contributed by atoms with Crippen molar-refractivity contribution in [3.8, 4) is 5.75 Å². The van der Waals surface area contributed by atoms with Crippen LogP contribution >= 0.6 is 11.8 Å². The minimum atomic E-state index is -0.592. The Labute approximate surface area is 160 Å². The molecule has 0 aliphatic heterocycles. The summed E-state index contributed by atoms with van der Waals surface area (Å²) in [6.07, 6.45) is -0.592. The number of tetrazole rings is 1. The third-order valence-electron chi connectivity index (χ3n) is 3.91. The highest BCUT2D eigenvalue weighted by molar-refractivity contribution is 7.99. The number of aliphatic hydroxyl groups is 1. The fourth-order valence-electron chi connectivity index (χ4n) is 2.44. The van der Waals surface area contributed by atoms with E-state index in [1.165, 1.54) is 17.3 Å². The maximum absolute atomic E-state index is 10.2. The smallest absolute Gasteiger partial charge is 0.209 e. The number of aliphatic hydroxyl groups excluding tert-OH is 1. The van der Waals surface area contributed by atoms with Crippen molar-refractivity contribution < 1.29 is 9.84 Å². The minimum absolute atomic E-state index is 0.111. The summed E-state index contributed by atoms with van der Waals surface area (Å²) in [6, 6.07) is 6.22. The molecule has 0 unspecified atom stereocenters. The Morgan fingerprint density at radius 3 is 2.62 bits per heavy atom. The lowest BCUT2D eigenvalue weighted by Gasteiger charge is -2.21. The van der Waals surface area contributed by atoms with Gasteiger partial charge >= 0.3 is 0 Å². The molecule has 0 radical (unpaired) electrons. The molecule has 1 heterocycles. The Bertz CT molecular complexity index is 710. The van der Waals surface area contributed by atoms with Gasteiger partial charge < -0.3 is 9.84 Å². The van der Waals surface area contributed by atoms with Gasteiger partial charge in [-0.25, -0.2) is 4.68 Å². The van der Waals surface area contributed by atoms with Crippen LogP contribution < -0.4 is 4.74 Å². The van der Waals surface area contributed by atoms with E-state index in [0.29, 0.717) is 11.7 Å². The molecule has 0 bridgehead atoms. The molecule has 1 atom stereocenters. The van der Waals surface area contributed by atoms with Gasteiger partial charge in [0.2, 0.25) is 5.16 Å². The second kappa shape index (κ2) is 8.86. The van der Waals surface area contributed by atoms with Crippen molar-refractivity contribution >= 4 is 11.8 Å². The number of nitrogens with zero attached hydrogens (tertiary/aromatic N) is 4. The first kappa shape index (κ1) is 20.7. The van der Waals surface area contributed by atoms with E-state index >= 15 is 0 Å². The monoisotopic (exact) mass is 378 g/mol. The van der Waals surface area contributed by atoms with Gasteiger partial charge in [-0.05, 0) is 45.9 Å². The number of hydrogen-bond donors (Lipinski definition) is 1. The molecule has 7 heteroatoms. The second-order valence-corrected chi connectivity index (χ2v) is 9.03. The average molecular weight is 379 g/mol. The van der Waals surface area contributed by atoms with Crippen molar-refractivity contribution in [2.75, 3.05) is 12.4 Å². The van der Waals surface area contributed by atoms with E-state index in [2.05, 4.69) is 62.3 Å². The van der Waals surface area contributed by atoms with Crippen LogP contribution in [0.1, 0.15) is 45.7 Å². The SMILES string of the molecule is Cc1cc(C(C)(C)C)ccc1OC[C@H](O)CSc1nnnn1CC(C)C. The molecule has 0 saturated heterocycles. The molecule has 144 valence electrons. The average Bonchev–Trinajstić information content (AvgIpc) is 2.97. The fraction of sp³-hybridized carbons (Fsp3) is 0.632. The quantitative estimate of drug-likeness (QED) is 0.709. The molecule has 2 rings (SSSR count). The molecule has 0 aliphatic carbocycles. The van der Waals surface area contributed by atoms with Crippen molar-refractivity contribution in [2.24, 2.45) is 5.92 Å². The van der Waals surface area contributed by atoms with Crippen LogP contribution in [0.3, 0.4) is 0 Å². The van der Waals surface area contributed by atoms with Gasteiger partial charge in [0.15, 0.2) is 0 Å². The molecule has 1 N–H and O–H groups in total. The van der Waals surface area contributed by atoms with Crippen molar-refractivity contribution in [3.63, 3.8) is 0 Å². The van der Waals surface area contributed by atoms with Crippen molar-refractivity contribution in [1.29, 1.82) is 0 Å². The summed E-state index contributed by atoms with van der Waals surface area (Å²) < 4.78 is 7.59. The van der Waals surface area contributed by atoms with Gasteiger partial charge in [-0.2, -0.15) is 0 Å². The first-order chi connectivity index (χ1) is 12.2. The van der Waals surface area contributed by atoms with Gasteiger partial charge in [0, 0.05) is 12.3 Å². The first-order valence-corrected chi connectivity index (χ1v) is 9.96. The van der Waals surface area contributed by atoms with Crippen LogP contribution in [0.15, 0.2) is 23.4 Å². The van der Waals surface area contributed by atoms with Crippen LogP contribution in [0.25, 0.3) is 0 Å². The van der Waals surface area contributed by atoms with E-state index in [0.717, 1.165) is 23.0 Å². The lowest BCUT2D eigenvalue weighted by Crippen LogP contribution is -2.21. The number of aryl methyl sites for hydroxylation is 1. The summed E-state index contributed by atoms with van der Waals surface area (Å²) in [5.74, 6) is 1.76. The molecular weight excluding hydrogens is 348 g/mol. The lowest BCUT2D eigenvalue weighted by atomic mass is 9.86. The molecule has 1 aromatic heterocycles.